The molecule has 2 saturated heterocycles. The number of piperidine rings is 1. The van der Waals surface area contributed by atoms with Gasteiger partial charge in [0.2, 0.25) is 10.0 Å². The molecule has 0 bridgehead atoms. The number of nitrogen functional groups attached to an aromatic ring is 1. The SMILES string of the molecule is Cc1cncc(N)c1N1CCC(S(=O)(=O)N2CCOCC2)CC1. The number of aryl methyl sites for hydroxylation is 1. The number of anilines is 2. The van der Waals surface area contributed by atoms with E-state index in [0.29, 0.717) is 57.9 Å². The van der Waals surface area contributed by atoms with Crippen LogP contribution >= 0.6 is 0 Å². The Labute approximate surface area is 137 Å². The van der Waals surface area contributed by atoms with Crippen molar-refractivity contribution in [1.29, 1.82) is 0 Å². The van der Waals surface area contributed by atoms with Crippen molar-refractivity contribution < 1.29 is 13.2 Å². The lowest BCUT2D eigenvalue weighted by molar-refractivity contribution is 0.0724. The van der Waals surface area contributed by atoms with Gasteiger partial charge in [0.25, 0.3) is 0 Å². The molecule has 128 valence electrons. The van der Waals surface area contributed by atoms with Crippen molar-refractivity contribution in [3.8, 4) is 0 Å². The summed E-state index contributed by atoms with van der Waals surface area (Å²) in [5.41, 5.74) is 8.71. The average molecular weight is 340 g/mol. The van der Waals surface area contributed by atoms with E-state index in [9.17, 15) is 8.42 Å². The molecule has 7 nitrogen and oxygen atoms in total. The molecule has 0 aliphatic carbocycles. The van der Waals surface area contributed by atoms with Gasteiger partial charge in [-0.3, -0.25) is 4.98 Å². The van der Waals surface area contributed by atoms with Crippen LogP contribution in [-0.4, -0.2) is 62.3 Å². The number of sulfonamides is 1. The summed E-state index contributed by atoms with van der Waals surface area (Å²) in [7, 11) is -3.23. The molecular weight excluding hydrogens is 316 g/mol. The van der Waals surface area contributed by atoms with Gasteiger partial charge in [0, 0.05) is 32.4 Å². The lowest BCUT2D eigenvalue weighted by atomic mass is 10.1. The van der Waals surface area contributed by atoms with Gasteiger partial charge < -0.3 is 15.4 Å². The number of ether oxygens (including phenoxy) is 1. The van der Waals surface area contributed by atoms with Crippen LogP contribution in [0.3, 0.4) is 0 Å². The van der Waals surface area contributed by atoms with Crippen molar-refractivity contribution in [3.05, 3.63) is 18.0 Å². The third-order valence-electron chi connectivity index (χ3n) is 4.64. The summed E-state index contributed by atoms with van der Waals surface area (Å²) >= 11 is 0. The van der Waals surface area contributed by atoms with Crippen LogP contribution in [0.4, 0.5) is 11.4 Å². The highest BCUT2D eigenvalue weighted by Gasteiger charge is 2.35. The van der Waals surface area contributed by atoms with Crippen molar-refractivity contribution in [3.63, 3.8) is 0 Å². The zero-order chi connectivity index (χ0) is 16.4. The first-order valence-corrected chi connectivity index (χ1v) is 9.52. The van der Waals surface area contributed by atoms with Crippen molar-refractivity contribution in [2.24, 2.45) is 0 Å². The molecular formula is C15H24N4O3S. The minimum absolute atomic E-state index is 0.305. The minimum Gasteiger partial charge on any atom is -0.396 e. The smallest absolute Gasteiger partial charge is 0.217 e. The first-order valence-electron chi connectivity index (χ1n) is 8.02. The second-order valence-electron chi connectivity index (χ2n) is 6.14. The largest absolute Gasteiger partial charge is 0.396 e. The highest BCUT2D eigenvalue weighted by atomic mass is 32.2. The number of rotatable bonds is 3. The molecule has 0 spiro atoms. The van der Waals surface area contributed by atoms with E-state index in [1.54, 1.807) is 16.7 Å². The molecule has 1 aromatic heterocycles. The van der Waals surface area contributed by atoms with E-state index < -0.39 is 10.0 Å². The number of nitrogens with zero attached hydrogens (tertiary/aromatic N) is 3. The molecule has 3 rings (SSSR count). The summed E-state index contributed by atoms with van der Waals surface area (Å²) < 4.78 is 32.3. The Bertz CT molecular complexity index is 630. The Morgan fingerprint density at radius 2 is 1.83 bits per heavy atom. The number of morpholine rings is 1. The number of nitrogens with two attached hydrogens (primary N) is 1. The molecule has 0 unspecified atom stereocenters. The van der Waals surface area contributed by atoms with Crippen LogP contribution in [0.15, 0.2) is 12.4 Å². The standard InChI is InChI=1S/C15H24N4O3S/c1-12-10-17-11-14(16)15(12)18-4-2-13(3-5-18)23(20,21)19-6-8-22-9-7-19/h10-11,13H,2-9,16H2,1H3. The van der Waals surface area contributed by atoms with Gasteiger partial charge in [0.05, 0.1) is 36.0 Å². The molecule has 0 aromatic carbocycles. The molecule has 23 heavy (non-hydrogen) atoms. The highest BCUT2D eigenvalue weighted by molar-refractivity contribution is 7.89. The zero-order valence-electron chi connectivity index (χ0n) is 13.4. The first kappa shape index (κ1) is 16.5. The Hall–Kier alpha value is -1.38. The van der Waals surface area contributed by atoms with E-state index >= 15 is 0 Å². The molecule has 8 heteroatoms. The van der Waals surface area contributed by atoms with Crippen LogP contribution in [0.1, 0.15) is 18.4 Å². The summed E-state index contributed by atoms with van der Waals surface area (Å²) in [4.78, 5) is 6.27. The fraction of sp³-hybridized carbons (Fsp3) is 0.667. The highest BCUT2D eigenvalue weighted by Crippen LogP contribution is 2.31. The summed E-state index contributed by atoms with van der Waals surface area (Å²) in [5.74, 6) is 0. The Balaban J connectivity index is 1.68. The molecule has 2 aliphatic rings. The van der Waals surface area contributed by atoms with Crippen LogP contribution in [0.25, 0.3) is 0 Å². The average Bonchev–Trinajstić information content (AvgIpc) is 2.56. The van der Waals surface area contributed by atoms with Gasteiger partial charge in [0.1, 0.15) is 0 Å². The summed E-state index contributed by atoms with van der Waals surface area (Å²) in [6.07, 6.45) is 4.70. The minimum atomic E-state index is -3.23. The molecule has 0 radical (unpaired) electrons. The van der Waals surface area contributed by atoms with Crippen molar-refractivity contribution >= 4 is 21.4 Å². The van der Waals surface area contributed by atoms with Gasteiger partial charge >= 0.3 is 0 Å². The van der Waals surface area contributed by atoms with Gasteiger partial charge in [-0.25, -0.2) is 8.42 Å². The predicted octanol–water partition coefficient (Wildman–Crippen LogP) is 0.603. The van der Waals surface area contributed by atoms with E-state index in [2.05, 4.69) is 9.88 Å². The van der Waals surface area contributed by atoms with Crippen LogP contribution < -0.4 is 10.6 Å². The van der Waals surface area contributed by atoms with Crippen LogP contribution in [-0.2, 0) is 14.8 Å². The van der Waals surface area contributed by atoms with Gasteiger partial charge in [-0.1, -0.05) is 0 Å². The second-order valence-corrected chi connectivity index (χ2v) is 8.35. The Morgan fingerprint density at radius 1 is 1.17 bits per heavy atom. The summed E-state index contributed by atoms with van der Waals surface area (Å²) in [5, 5.41) is -0.305. The predicted molar refractivity (Wildman–Crippen MR) is 89.9 cm³/mol. The number of hydrogen-bond acceptors (Lipinski definition) is 6. The normalized spacial score (nSPS) is 21.5. The maximum absolute atomic E-state index is 12.7. The number of pyridine rings is 1. The Morgan fingerprint density at radius 3 is 2.43 bits per heavy atom. The van der Waals surface area contributed by atoms with Crippen molar-refractivity contribution in [1.82, 2.24) is 9.29 Å². The quantitative estimate of drug-likeness (QED) is 0.867. The fourth-order valence-corrected chi connectivity index (χ4v) is 5.29. The van der Waals surface area contributed by atoms with E-state index in [0.717, 1.165) is 11.3 Å². The number of hydrogen-bond donors (Lipinski definition) is 1. The van der Waals surface area contributed by atoms with Crippen LogP contribution in [0.2, 0.25) is 0 Å². The van der Waals surface area contributed by atoms with Gasteiger partial charge in [-0.2, -0.15) is 4.31 Å². The molecule has 2 N–H and O–H groups in total. The molecule has 2 aliphatic heterocycles. The van der Waals surface area contributed by atoms with Gasteiger partial charge in [0.15, 0.2) is 0 Å². The summed E-state index contributed by atoms with van der Waals surface area (Å²) in [6, 6.07) is 0. The van der Waals surface area contributed by atoms with Crippen molar-refractivity contribution in [2.75, 3.05) is 50.0 Å². The molecule has 0 amide bonds. The number of aromatic nitrogens is 1. The van der Waals surface area contributed by atoms with E-state index in [-0.39, 0.29) is 5.25 Å². The maximum Gasteiger partial charge on any atom is 0.217 e. The van der Waals surface area contributed by atoms with E-state index in [1.807, 2.05) is 6.92 Å². The third-order valence-corrected chi connectivity index (χ3v) is 7.04. The maximum atomic E-state index is 12.7. The zero-order valence-corrected chi connectivity index (χ0v) is 14.3. The molecule has 1 aromatic rings. The second kappa shape index (κ2) is 6.62. The Kier molecular flexibility index (Phi) is 4.74. The van der Waals surface area contributed by atoms with Crippen LogP contribution in [0.5, 0.6) is 0 Å². The molecule has 0 saturated carbocycles. The van der Waals surface area contributed by atoms with E-state index in [1.165, 1.54) is 0 Å². The van der Waals surface area contributed by atoms with Crippen LogP contribution in [0, 0.1) is 6.92 Å². The topological polar surface area (TPSA) is 88.8 Å². The van der Waals surface area contributed by atoms with Gasteiger partial charge in [-0.15, -0.1) is 0 Å². The van der Waals surface area contributed by atoms with E-state index in [4.69, 9.17) is 10.5 Å². The first-order chi connectivity index (χ1) is 11.0. The fourth-order valence-electron chi connectivity index (χ4n) is 3.40. The third kappa shape index (κ3) is 3.29. The summed E-state index contributed by atoms with van der Waals surface area (Å²) in [6.45, 7) is 5.30. The monoisotopic (exact) mass is 340 g/mol. The molecule has 2 fully saturated rings. The van der Waals surface area contributed by atoms with Gasteiger partial charge in [-0.05, 0) is 25.3 Å². The molecule has 3 heterocycles. The molecule has 0 atom stereocenters. The lowest BCUT2D eigenvalue weighted by Gasteiger charge is -2.37. The lowest BCUT2D eigenvalue weighted by Crippen LogP contribution is -2.49. The van der Waals surface area contributed by atoms with Crippen molar-refractivity contribution in [2.45, 2.75) is 25.0 Å².